The first-order valence-electron chi connectivity index (χ1n) is 11.6. The van der Waals surface area contributed by atoms with Crippen LogP contribution in [0.3, 0.4) is 0 Å². The lowest BCUT2D eigenvalue weighted by molar-refractivity contribution is -0.132. The Morgan fingerprint density at radius 3 is 2.44 bits per heavy atom. The van der Waals surface area contributed by atoms with E-state index >= 15 is 0 Å². The Morgan fingerprint density at radius 1 is 0.882 bits per heavy atom. The zero-order valence-electron chi connectivity index (χ0n) is 19.0. The number of ether oxygens (including phenoxy) is 3. The Hall–Kier alpha value is -2.82. The fourth-order valence-electron chi connectivity index (χ4n) is 4.48. The summed E-state index contributed by atoms with van der Waals surface area (Å²) in [5.41, 5.74) is 2.53. The van der Waals surface area contributed by atoms with Crippen molar-refractivity contribution >= 4 is 15.9 Å². The summed E-state index contributed by atoms with van der Waals surface area (Å²) in [6.07, 6.45) is 1.08. The van der Waals surface area contributed by atoms with E-state index < -0.39 is 10.0 Å². The molecule has 1 N–H and O–H groups in total. The van der Waals surface area contributed by atoms with Crippen molar-refractivity contribution in [3.63, 3.8) is 0 Å². The van der Waals surface area contributed by atoms with Crippen molar-refractivity contribution in [2.75, 3.05) is 52.5 Å². The second kappa shape index (κ2) is 9.81. The Labute approximate surface area is 199 Å². The number of carbonyl (C=O) groups is 1. The van der Waals surface area contributed by atoms with Crippen LogP contribution in [0.4, 0.5) is 0 Å². The number of rotatable bonds is 7. The molecule has 3 heterocycles. The number of carbonyl (C=O) groups excluding carboxylic acids is 1. The predicted octanol–water partition coefficient (Wildman–Crippen LogP) is 1.41. The van der Waals surface area contributed by atoms with Gasteiger partial charge in [-0.3, -0.25) is 9.69 Å². The topological polar surface area (TPSA) is 97.4 Å². The van der Waals surface area contributed by atoms with E-state index in [2.05, 4.69) is 21.8 Å². The average molecular weight is 488 g/mol. The number of nitrogens with zero attached hydrogens (tertiary/aromatic N) is 2. The summed E-state index contributed by atoms with van der Waals surface area (Å²) in [4.78, 5) is 16.9. The van der Waals surface area contributed by atoms with Gasteiger partial charge in [0.25, 0.3) is 0 Å². The third-order valence-electron chi connectivity index (χ3n) is 6.34. The molecule has 10 heteroatoms. The van der Waals surface area contributed by atoms with Crippen LogP contribution >= 0.6 is 0 Å². The van der Waals surface area contributed by atoms with Gasteiger partial charge < -0.3 is 19.1 Å². The molecule has 0 unspecified atom stereocenters. The second-order valence-corrected chi connectivity index (χ2v) is 10.4. The van der Waals surface area contributed by atoms with Crippen LogP contribution in [0, 0.1) is 0 Å². The molecular formula is C24H29N3O6S. The number of fused-ring (bicyclic) bond motifs is 2. The van der Waals surface area contributed by atoms with E-state index in [1.54, 1.807) is 6.07 Å². The van der Waals surface area contributed by atoms with Gasteiger partial charge in [0.15, 0.2) is 11.5 Å². The van der Waals surface area contributed by atoms with Crippen molar-refractivity contribution in [3.05, 3.63) is 47.5 Å². The van der Waals surface area contributed by atoms with Gasteiger partial charge in [0.05, 0.1) is 11.5 Å². The molecule has 2 aromatic rings. The lowest BCUT2D eigenvalue weighted by Gasteiger charge is -2.35. The number of sulfonamides is 1. The fraction of sp³-hybridized carbons (Fsp3) is 0.458. The van der Waals surface area contributed by atoms with Crippen molar-refractivity contribution in [2.24, 2.45) is 0 Å². The minimum atomic E-state index is -3.74. The van der Waals surface area contributed by atoms with Gasteiger partial charge in [-0.2, -0.15) is 0 Å². The minimum absolute atomic E-state index is 0.0424. The normalized spacial score (nSPS) is 17.8. The third kappa shape index (κ3) is 5.13. The van der Waals surface area contributed by atoms with E-state index in [0.29, 0.717) is 37.8 Å². The molecule has 5 rings (SSSR count). The molecule has 3 aliphatic rings. The molecule has 0 bridgehead atoms. The molecule has 1 fully saturated rings. The molecule has 1 amide bonds. The zero-order chi connectivity index (χ0) is 23.5. The van der Waals surface area contributed by atoms with Gasteiger partial charge in [-0.15, -0.1) is 0 Å². The molecule has 0 aromatic heterocycles. The maximum Gasteiger partial charge on any atom is 0.240 e. The zero-order valence-corrected chi connectivity index (χ0v) is 19.8. The van der Waals surface area contributed by atoms with Gasteiger partial charge in [0.2, 0.25) is 15.9 Å². The lowest BCUT2D eigenvalue weighted by Crippen LogP contribution is -2.48. The molecule has 0 radical (unpaired) electrons. The largest absolute Gasteiger partial charge is 0.493 e. The maximum absolute atomic E-state index is 12.6. The highest BCUT2D eigenvalue weighted by Crippen LogP contribution is 2.32. The first kappa shape index (κ1) is 22.9. The number of nitrogens with one attached hydrogen (secondary N) is 1. The fourth-order valence-corrected chi connectivity index (χ4v) is 5.52. The van der Waals surface area contributed by atoms with Crippen molar-refractivity contribution in [1.82, 2.24) is 14.5 Å². The maximum atomic E-state index is 12.6. The van der Waals surface area contributed by atoms with Crippen molar-refractivity contribution in [3.8, 4) is 17.2 Å². The SMILES string of the molecule is O=C(CCNS(=O)(=O)c1ccc2c(c1)OCCO2)N1CCN(Cc2ccc3c(c2)CCO3)CC1. The quantitative estimate of drug-likeness (QED) is 0.631. The summed E-state index contributed by atoms with van der Waals surface area (Å²) in [6.45, 7) is 5.35. The number of hydrogen-bond acceptors (Lipinski definition) is 7. The van der Waals surface area contributed by atoms with Crippen molar-refractivity contribution in [1.29, 1.82) is 0 Å². The van der Waals surface area contributed by atoms with Gasteiger partial charge in [0.1, 0.15) is 19.0 Å². The van der Waals surface area contributed by atoms with Crippen LogP contribution in [0.2, 0.25) is 0 Å². The van der Waals surface area contributed by atoms with E-state index in [1.807, 2.05) is 11.0 Å². The summed E-state index contributed by atoms with van der Waals surface area (Å²) < 4.78 is 44.2. The summed E-state index contributed by atoms with van der Waals surface area (Å²) in [6, 6.07) is 10.9. The van der Waals surface area contributed by atoms with Gasteiger partial charge in [-0.1, -0.05) is 12.1 Å². The van der Waals surface area contributed by atoms with E-state index in [4.69, 9.17) is 14.2 Å². The molecule has 0 atom stereocenters. The van der Waals surface area contributed by atoms with E-state index in [-0.39, 0.29) is 23.8 Å². The van der Waals surface area contributed by atoms with Gasteiger partial charge in [-0.05, 0) is 29.3 Å². The van der Waals surface area contributed by atoms with E-state index in [1.165, 1.54) is 23.3 Å². The van der Waals surface area contributed by atoms with Crippen LogP contribution in [0.15, 0.2) is 41.3 Å². The Kier molecular flexibility index (Phi) is 6.62. The third-order valence-corrected chi connectivity index (χ3v) is 7.80. The molecule has 0 saturated carbocycles. The number of amides is 1. The molecule has 0 aliphatic carbocycles. The van der Waals surface area contributed by atoms with Gasteiger partial charge in [-0.25, -0.2) is 13.1 Å². The average Bonchev–Trinajstić information content (AvgIpc) is 3.32. The molecule has 1 saturated heterocycles. The van der Waals surface area contributed by atoms with Crippen LogP contribution in [0.1, 0.15) is 17.5 Å². The monoisotopic (exact) mass is 487 g/mol. The first-order valence-corrected chi connectivity index (χ1v) is 13.1. The number of piperazine rings is 1. The molecular weight excluding hydrogens is 458 g/mol. The molecule has 2 aromatic carbocycles. The summed E-state index contributed by atoms with van der Waals surface area (Å²) in [5.74, 6) is 1.89. The Bertz CT molecular complexity index is 1160. The molecule has 34 heavy (non-hydrogen) atoms. The highest BCUT2D eigenvalue weighted by atomic mass is 32.2. The van der Waals surface area contributed by atoms with Crippen LogP contribution in [0.25, 0.3) is 0 Å². The van der Waals surface area contributed by atoms with Crippen molar-refractivity contribution < 1.29 is 27.4 Å². The standard InChI is InChI=1S/C24H29N3O6S/c28-24(5-7-25-34(29,30)20-2-4-22-23(16-20)33-14-13-32-22)27-10-8-26(9-11-27)17-18-1-3-21-19(15-18)6-12-31-21/h1-4,15-16,25H,5-14,17H2. The molecule has 182 valence electrons. The van der Waals surface area contributed by atoms with Crippen LogP contribution in [-0.4, -0.2) is 76.7 Å². The Balaban J connectivity index is 1.07. The Morgan fingerprint density at radius 2 is 1.62 bits per heavy atom. The first-order chi connectivity index (χ1) is 16.5. The van der Waals surface area contributed by atoms with Crippen molar-refractivity contribution in [2.45, 2.75) is 24.3 Å². The second-order valence-electron chi connectivity index (χ2n) is 8.65. The molecule has 0 spiro atoms. The van der Waals surface area contributed by atoms with Crippen LogP contribution in [-0.2, 0) is 27.8 Å². The highest BCUT2D eigenvalue weighted by Gasteiger charge is 2.23. The number of hydrogen-bond donors (Lipinski definition) is 1. The highest BCUT2D eigenvalue weighted by molar-refractivity contribution is 7.89. The number of benzene rings is 2. The van der Waals surface area contributed by atoms with E-state index in [9.17, 15) is 13.2 Å². The van der Waals surface area contributed by atoms with Gasteiger partial charge >= 0.3 is 0 Å². The summed E-state index contributed by atoms with van der Waals surface area (Å²) in [5, 5.41) is 0. The predicted molar refractivity (Wildman–Crippen MR) is 125 cm³/mol. The smallest absolute Gasteiger partial charge is 0.240 e. The summed E-state index contributed by atoms with van der Waals surface area (Å²) >= 11 is 0. The minimum Gasteiger partial charge on any atom is -0.493 e. The van der Waals surface area contributed by atoms with E-state index in [0.717, 1.165) is 38.4 Å². The lowest BCUT2D eigenvalue weighted by atomic mass is 10.1. The molecule has 3 aliphatic heterocycles. The van der Waals surface area contributed by atoms with Gasteiger partial charge in [0, 0.05) is 58.2 Å². The van der Waals surface area contributed by atoms with Crippen LogP contribution in [0.5, 0.6) is 17.2 Å². The van der Waals surface area contributed by atoms with Crippen LogP contribution < -0.4 is 18.9 Å². The summed E-state index contributed by atoms with van der Waals surface area (Å²) in [7, 11) is -3.74. The molecule has 9 nitrogen and oxygen atoms in total.